The molecule has 1 amide bonds. The van der Waals surface area contributed by atoms with Gasteiger partial charge < -0.3 is 14.2 Å². The van der Waals surface area contributed by atoms with Gasteiger partial charge in [-0.25, -0.2) is 4.98 Å². The maximum absolute atomic E-state index is 13.0. The third-order valence-corrected chi connectivity index (χ3v) is 5.89. The third kappa shape index (κ3) is 4.93. The van der Waals surface area contributed by atoms with E-state index in [1.54, 1.807) is 12.0 Å². The van der Waals surface area contributed by atoms with Crippen LogP contribution < -0.4 is 9.64 Å². The molecule has 1 atom stereocenters. The molecule has 7 heteroatoms. The highest BCUT2D eigenvalue weighted by molar-refractivity contribution is 7.22. The lowest BCUT2D eigenvalue weighted by atomic mass is 10.2. The Bertz CT molecular complexity index is 954. The number of rotatable bonds is 8. The number of amides is 1. The highest BCUT2D eigenvalue weighted by Crippen LogP contribution is 2.32. The summed E-state index contributed by atoms with van der Waals surface area (Å²) in [5.74, 6) is 0.659. The van der Waals surface area contributed by atoms with E-state index in [2.05, 4.69) is 4.98 Å². The number of anilines is 1. The molecular formula is C22H24N2O4S. The van der Waals surface area contributed by atoms with Crippen LogP contribution in [0.4, 0.5) is 5.13 Å². The Morgan fingerprint density at radius 3 is 2.90 bits per heavy atom. The molecule has 0 bridgehead atoms. The first-order valence-electron chi connectivity index (χ1n) is 9.71. The maximum atomic E-state index is 13.0. The molecule has 2 aromatic carbocycles. The minimum atomic E-state index is -0.113. The molecule has 0 radical (unpaired) electrons. The lowest BCUT2D eigenvalue weighted by Gasteiger charge is -2.20. The first-order chi connectivity index (χ1) is 14.2. The van der Waals surface area contributed by atoms with Crippen LogP contribution in [0.15, 0.2) is 48.5 Å². The summed E-state index contributed by atoms with van der Waals surface area (Å²) in [7, 11) is 1.64. The first kappa shape index (κ1) is 19.8. The second-order valence-electron chi connectivity index (χ2n) is 6.95. The number of hydrogen-bond donors (Lipinski definition) is 0. The van der Waals surface area contributed by atoms with E-state index in [4.69, 9.17) is 14.2 Å². The van der Waals surface area contributed by atoms with Gasteiger partial charge in [0.1, 0.15) is 12.4 Å². The minimum Gasteiger partial charge on any atom is -0.497 e. The number of methoxy groups -OCH3 is 1. The Hall–Kier alpha value is -2.48. The fourth-order valence-corrected chi connectivity index (χ4v) is 4.31. The summed E-state index contributed by atoms with van der Waals surface area (Å²) >= 11 is 1.47. The molecule has 6 nitrogen and oxygen atoms in total. The van der Waals surface area contributed by atoms with Gasteiger partial charge in [-0.05, 0) is 36.6 Å². The number of aromatic nitrogens is 1. The normalized spacial score (nSPS) is 16.2. The van der Waals surface area contributed by atoms with Crippen LogP contribution in [0.3, 0.4) is 0 Å². The van der Waals surface area contributed by atoms with Crippen molar-refractivity contribution < 1.29 is 19.0 Å². The van der Waals surface area contributed by atoms with Crippen molar-refractivity contribution in [2.24, 2.45) is 0 Å². The zero-order chi connectivity index (χ0) is 20.1. The van der Waals surface area contributed by atoms with Crippen molar-refractivity contribution >= 4 is 32.6 Å². The number of carbonyl (C=O) groups excluding carboxylic acids is 1. The molecule has 0 saturated carbocycles. The van der Waals surface area contributed by atoms with Crippen LogP contribution in [0.1, 0.15) is 18.4 Å². The van der Waals surface area contributed by atoms with Crippen LogP contribution in [0.2, 0.25) is 0 Å². The SMILES string of the molecule is COc1ccc2nc(N(Cc3ccccc3)C(=O)COCC3CCCO3)sc2c1. The molecule has 1 fully saturated rings. The summed E-state index contributed by atoms with van der Waals surface area (Å²) < 4.78 is 17.5. The van der Waals surface area contributed by atoms with E-state index in [1.807, 2.05) is 48.5 Å². The fraction of sp³-hybridized carbons (Fsp3) is 0.364. The Kier molecular flexibility index (Phi) is 6.39. The Morgan fingerprint density at radius 2 is 2.14 bits per heavy atom. The van der Waals surface area contributed by atoms with Crippen molar-refractivity contribution in [3.05, 3.63) is 54.1 Å². The Morgan fingerprint density at radius 1 is 1.28 bits per heavy atom. The number of thiazole rings is 1. The smallest absolute Gasteiger partial charge is 0.255 e. The summed E-state index contributed by atoms with van der Waals surface area (Å²) in [6.45, 7) is 1.67. The predicted molar refractivity (Wildman–Crippen MR) is 114 cm³/mol. The zero-order valence-electron chi connectivity index (χ0n) is 16.4. The van der Waals surface area contributed by atoms with Crippen molar-refractivity contribution in [3.8, 4) is 5.75 Å². The molecule has 0 aliphatic carbocycles. The standard InChI is InChI=1S/C22H24N2O4S/c1-26-17-9-10-19-20(12-17)29-22(23-19)24(13-16-6-3-2-4-7-16)21(25)15-27-14-18-8-5-11-28-18/h2-4,6-7,9-10,12,18H,5,8,11,13-15H2,1H3. The first-order valence-corrected chi connectivity index (χ1v) is 10.5. The molecule has 1 saturated heterocycles. The van der Waals surface area contributed by atoms with E-state index in [9.17, 15) is 4.79 Å². The average molecular weight is 413 g/mol. The van der Waals surface area contributed by atoms with Crippen molar-refractivity contribution in [2.45, 2.75) is 25.5 Å². The van der Waals surface area contributed by atoms with Gasteiger partial charge in [-0.15, -0.1) is 0 Å². The van der Waals surface area contributed by atoms with E-state index >= 15 is 0 Å². The van der Waals surface area contributed by atoms with Gasteiger partial charge in [-0.3, -0.25) is 9.69 Å². The lowest BCUT2D eigenvalue weighted by molar-refractivity contribution is -0.124. The van der Waals surface area contributed by atoms with E-state index < -0.39 is 0 Å². The lowest BCUT2D eigenvalue weighted by Crippen LogP contribution is -2.34. The van der Waals surface area contributed by atoms with Gasteiger partial charge in [0.05, 0.1) is 36.6 Å². The van der Waals surface area contributed by atoms with Crippen LogP contribution in [0, 0.1) is 0 Å². The molecule has 1 aromatic heterocycles. The molecule has 3 aromatic rings. The third-order valence-electron chi connectivity index (χ3n) is 4.85. The van der Waals surface area contributed by atoms with Gasteiger partial charge in [-0.2, -0.15) is 0 Å². The topological polar surface area (TPSA) is 60.9 Å². The molecule has 152 valence electrons. The number of benzene rings is 2. The van der Waals surface area contributed by atoms with Crippen molar-refractivity contribution in [1.29, 1.82) is 0 Å². The predicted octanol–water partition coefficient (Wildman–Crippen LogP) is 4.03. The second-order valence-corrected chi connectivity index (χ2v) is 7.95. The molecule has 1 unspecified atom stereocenters. The zero-order valence-corrected chi connectivity index (χ0v) is 17.2. The summed E-state index contributed by atoms with van der Waals surface area (Å²) in [5.41, 5.74) is 1.88. The highest BCUT2D eigenvalue weighted by Gasteiger charge is 2.22. The highest BCUT2D eigenvalue weighted by atomic mass is 32.1. The summed E-state index contributed by atoms with van der Waals surface area (Å²) in [5, 5.41) is 0.655. The van der Waals surface area contributed by atoms with Crippen LogP contribution in [0.5, 0.6) is 5.75 Å². The van der Waals surface area contributed by atoms with Crippen molar-refractivity contribution in [3.63, 3.8) is 0 Å². The average Bonchev–Trinajstić information content (AvgIpc) is 3.41. The molecule has 0 spiro atoms. The summed E-state index contributed by atoms with van der Waals surface area (Å²) in [4.78, 5) is 19.4. The van der Waals surface area contributed by atoms with Crippen LogP contribution in [-0.2, 0) is 20.8 Å². The van der Waals surface area contributed by atoms with Crippen molar-refractivity contribution in [1.82, 2.24) is 4.98 Å². The number of ether oxygens (including phenoxy) is 3. The van der Waals surface area contributed by atoms with E-state index in [1.165, 1.54) is 11.3 Å². The monoisotopic (exact) mass is 412 g/mol. The molecule has 2 heterocycles. The van der Waals surface area contributed by atoms with Gasteiger partial charge in [0, 0.05) is 6.61 Å². The van der Waals surface area contributed by atoms with Gasteiger partial charge >= 0.3 is 0 Å². The number of hydrogen-bond acceptors (Lipinski definition) is 6. The van der Waals surface area contributed by atoms with Gasteiger partial charge in [0.25, 0.3) is 5.91 Å². The number of carbonyl (C=O) groups is 1. The van der Waals surface area contributed by atoms with Gasteiger partial charge in [0.15, 0.2) is 5.13 Å². The minimum absolute atomic E-state index is 0.00589. The molecule has 0 N–H and O–H groups in total. The number of fused-ring (bicyclic) bond motifs is 1. The van der Waals surface area contributed by atoms with Crippen molar-refractivity contribution in [2.75, 3.05) is 31.8 Å². The maximum Gasteiger partial charge on any atom is 0.255 e. The quantitative estimate of drug-likeness (QED) is 0.559. The van der Waals surface area contributed by atoms with E-state index in [-0.39, 0.29) is 18.6 Å². The van der Waals surface area contributed by atoms with Gasteiger partial charge in [-0.1, -0.05) is 41.7 Å². The van der Waals surface area contributed by atoms with Crippen LogP contribution in [-0.4, -0.2) is 43.9 Å². The molecule has 1 aliphatic rings. The summed E-state index contributed by atoms with van der Waals surface area (Å²) in [6.07, 6.45) is 2.14. The largest absolute Gasteiger partial charge is 0.497 e. The van der Waals surface area contributed by atoms with Crippen LogP contribution in [0.25, 0.3) is 10.2 Å². The number of nitrogens with zero attached hydrogens (tertiary/aromatic N) is 2. The van der Waals surface area contributed by atoms with E-state index in [0.717, 1.165) is 41.0 Å². The summed E-state index contributed by atoms with van der Waals surface area (Å²) in [6, 6.07) is 15.6. The molecule has 4 rings (SSSR count). The molecule has 1 aliphatic heterocycles. The fourth-order valence-electron chi connectivity index (χ4n) is 3.30. The Balaban J connectivity index is 1.53. The molecule has 29 heavy (non-hydrogen) atoms. The second kappa shape index (κ2) is 9.35. The van der Waals surface area contributed by atoms with Crippen LogP contribution >= 0.6 is 11.3 Å². The Labute approximate surface area is 174 Å². The molecular weight excluding hydrogens is 388 g/mol. The van der Waals surface area contributed by atoms with Gasteiger partial charge in [0.2, 0.25) is 0 Å². The van der Waals surface area contributed by atoms with E-state index in [0.29, 0.717) is 18.3 Å².